The Kier molecular flexibility index (Phi) is 4.70. The Balaban J connectivity index is 0.00000210. The highest BCUT2D eigenvalue weighted by atomic mass is 35.5. The number of fused-ring (bicyclic) bond motifs is 1. The normalized spacial score (nSPS) is 21.0. The van der Waals surface area contributed by atoms with Crippen molar-refractivity contribution in [2.75, 3.05) is 18.5 Å². The molecule has 2 N–H and O–H groups in total. The zero-order valence-corrected chi connectivity index (χ0v) is 16.0. The summed E-state index contributed by atoms with van der Waals surface area (Å²) in [6.07, 6.45) is 0.761. The minimum absolute atomic E-state index is 0. The molecule has 2 amide bonds. The van der Waals surface area contributed by atoms with Gasteiger partial charge in [0.05, 0.1) is 0 Å². The maximum absolute atomic E-state index is 13.2. The molecule has 0 bridgehead atoms. The molecule has 0 aliphatic carbocycles. The van der Waals surface area contributed by atoms with Gasteiger partial charge in [0, 0.05) is 26.2 Å². The van der Waals surface area contributed by atoms with Gasteiger partial charge in [0.25, 0.3) is 5.91 Å². The molecule has 140 valence electrons. The predicted octanol–water partition coefficient (Wildman–Crippen LogP) is 2.05. The molecule has 0 saturated heterocycles. The molecule has 1 atom stereocenters. The number of hydrogen-bond donors (Lipinski definition) is 1. The zero-order valence-electron chi connectivity index (χ0n) is 15.2. The van der Waals surface area contributed by atoms with E-state index in [9.17, 15) is 9.59 Å². The maximum atomic E-state index is 13.2. The van der Waals surface area contributed by atoms with Gasteiger partial charge in [-0.25, -0.2) is 4.99 Å². The first-order valence-electron chi connectivity index (χ1n) is 8.55. The summed E-state index contributed by atoms with van der Waals surface area (Å²) in [6, 6.07) is 15.2. The first-order chi connectivity index (χ1) is 12.4. The number of hydrogen-bond acceptors (Lipinski definition) is 4. The first kappa shape index (κ1) is 18.9. The lowest BCUT2D eigenvalue weighted by molar-refractivity contribution is -0.129. The Bertz CT molecular complexity index is 944. The number of benzene rings is 2. The summed E-state index contributed by atoms with van der Waals surface area (Å²) < 4.78 is 0. The Morgan fingerprint density at radius 2 is 1.85 bits per heavy atom. The third-order valence-electron chi connectivity index (χ3n) is 5.20. The van der Waals surface area contributed by atoms with Crippen molar-refractivity contribution < 1.29 is 9.59 Å². The fraction of sp³-hybridized carbons (Fsp3) is 0.250. The predicted molar refractivity (Wildman–Crippen MR) is 107 cm³/mol. The number of amides is 2. The second kappa shape index (κ2) is 6.70. The molecule has 1 unspecified atom stereocenters. The van der Waals surface area contributed by atoms with E-state index < -0.39 is 5.54 Å². The molecule has 0 spiro atoms. The number of rotatable bonds is 2. The Morgan fingerprint density at radius 3 is 2.44 bits per heavy atom. The highest BCUT2D eigenvalue weighted by molar-refractivity contribution is 6.09. The zero-order chi connectivity index (χ0) is 18.5. The number of guanidine groups is 1. The number of carbonyl (C=O) groups is 2. The quantitative estimate of drug-likeness (QED) is 0.860. The van der Waals surface area contributed by atoms with Crippen molar-refractivity contribution in [2.45, 2.75) is 18.9 Å². The SMILES string of the molecule is CC(=O)N1CCc2cc(C3(c4ccccc4)N=C(N)N(C)C3=O)ccc21.Cl. The number of carbonyl (C=O) groups excluding carboxylic acids is 2. The molecular formula is C20H21ClN4O2. The van der Waals surface area contributed by atoms with Gasteiger partial charge in [0.15, 0.2) is 11.5 Å². The maximum Gasteiger partial charge on any atom is 0.266 e. The van der Waals surface area contributed by atoms with Gasteiger partial charge in [-0.1, -0.05) is 42.5 Å². The Labute approximate surface area is 164 Å². The molecule has 7 heteroatoms. The van der Waals surface area contributed by atoms with Gasteiger partial charge in [-0.15, -0.1) is 12.4 Å². The summed E-state index contributed by atoms with van der Waals surface area (Å²) in [5, 5.41) is 0. The number of likely N-dealkylation sites (N-methyl/N-ethyl adjacent to an activating group) is 1. The summed E-state index contributed by atoms with van der Waals surface area (Å²) in [6.45, 7) is 2.22. The summed E-state index contributed by atoms with van der Waals surface area (Å²) in [5.41, 5.74) is 8.31. The molecule has 27 heavy (non-hydrogen) atoms. The summed E-state index contributed by atoms with van der Waals surface area (Å²) in [4.78, 5) is 32.7. The number of nitrogens with two attached hydrogens (primary N) is 1. The standard InChI is InChI=1S/C20H20N4O2.ClH/c1-13(25)24-11-10-14-12-16(8-9-17(14)24)20(15-6-4-3-5-7-15)18(26)23(2)19(21)22-20;/h3-9,12H,10-11H2,1-2H3,(H2,21,22);1H. The molecule has 2 heterocycles. The molecule has 0 saturated carbocycles. The van der Waals surface area contributed by atoms with E-state index in [1.807, 2.05) is 48.5 Å². The summed E-state index contributed by atoms with van der Waals surface area (Å²) >= 11 is 0. The van der Waals surface area contributed by atoms with Crippen LogP contribution in [0.5, 0.6) is 0 Å². The van der Waals surface area contributed by atoms with Gasteiger partial charge in [0.1, 0.15) is 0 Å². The molecule has 2 aliphatic heterocycles. The Hall–Kier alpha value is -2.86. The number of nitrogens with zero attached hydrogens (tertiary/aromatic N) is 3. The van der Waals surface area contributed by atoms with Crippen LogP contribution in [0.15, 0.2) is 53.5 Å². The lowest BCUT2D eigenvalue weighted by Gasteiger charge is -2.27. The minimum atomic E-state index is -1.18. The average molecular weight is 385 g/mol. The average Bonchev–Trinajstić information content (AvgIpc) is 3.17. The van der Waals surface area contributed by atoms with Crippen LogP contribution < -0.4 is 10.6 Å². The van der Waals surface area contributed by atoms with Gasteiger partial charge in [-0.2, -0.15) is 0 Å². The topological polar surface area (TPSA) is 79.0 Å². The van der Waals surface area contributed by atoms with E-state index in [1.54, 1.807) is 18.9 Å². The highest BCUT2D eigenvalue weighted by Gasteiger charge is 2.49. The number of anilines is 1. The van der Waals surface area contributed by atoms with E-state index in [0.717, 1.165) is 28.8 Å². The van der Waals surface area contributed by atoms with Crippen molar-refractivity contribution >= 4 is 35.9 Å². The van der Waals surface area contributed by atoms with Crippen LogP contribution in [0, 0.1) is 0 Å². The van der Waals surface area contributed by atoms with Crippen LogP contribution in [0.25, 0.3) is 0 Å². The van der Waals surface area contributed by atoms with Gasteiger partial charge < -0.3 is 10.6 Å². The largest absolute Gasteiger partial charge is 0.369 e. The van der Waals surface area contributed by atoms with Crippen LogP contribution >= 0.6 is 12.4 Å². The van der Waals surface area contributed by atoms with Crippen LogP contribution in [-0.4, -0.2) is 36.3 Å². The van der Waals surface area contributed by atoms with Gasteiger partial charge in [-0.05, 0) is 29.2 Å². The van der Waals surface area contributed by atoms with Crippen molar-refractivity contribution in [3.63, 3.8) is 0 Å². The van der Waals surface area contributed by atoms with Crippen molar-refractivity contribution in [1.82, 2.24) is 4.90 Å². The van der Waals surface area contributed by atoms with Crippen LogP contribution in [0.3, 0.4) is 0 Å². The molecule has 2 aromatic carbocycles. The van der Waals surface area contributed by atoms with Crippen LogP contribution in [0.2, 0.25) is 0 Å². The molecule has 0 fully saturated rings. The third kappa shape index (κ3) is 2.68. The van der Waals surface area contributed by atoms with E-state index in [2.05, 4.69) is 4.99 Å². The van der Waals surface area contributed by atoms with Gasteiger partial charge >= 0.3 is 0 Å². The number of halogens is 1. The van der Waals surface area contributed by atoms with Crippen molar-refractivity contribution in [3.05, 3.63) is 65.2 Å². The monoisotopic (exact) mass is 384 g/mol. The number of aliphatic imine (C=N–C) groups is 1. The molecule has 4 rings (SSSR count). The smallest absolute Gasteiger partial charge is 0.266 e. The molecule has 0 radical (unpaired) electrons. The molecule has 6 nitrogen and oxygen atoms in total. The van der Waals surface area contributed by atoms with Crippen molar-refractivity contribution in [2.24, 2.45) is 10.7 Å². The van der Waals surface area contributed by atoms with Gasteiger partial charge in [0.2, 0.25) is 5.91 Å². The van der Waals surface area contributed by atoms with E-state index in [1.165, 1.54) is 4.90 Å². The fourth-order valence-corrected chi connectivity index (χ4v) is 3.82. The minimum Gasteiger partial charge on any atom is -0.369 e. The summed E-state index contributed by atoms with van der Waals surface area (Å²) in [7, 11) is 1.64. The fourth-order valence-electron chi connectivity index (χ4n) is 3.82. The molecule has 2 aliphatic rings. The first-order valence-corrected chi connectivity index (χ1v) is 8.55. The van der Waals surface area contributed by atoms with Crippen LogP contribution in [0.1, 0.15) is 23.6 Å². The van der Waals surface area contributed by atoms with Crippen molar-refractivity contribution in [1.29, 1.82) is 0 Å². The molecule has 0 aromatic heterocycles. The van der Waals surface area contributed by atoms with Crippen LogP contribution in [0.4, 0.5) is 5.69 Å². The van der Waals surface area contributed by atoms with E-state index >= 15 is 0 Å². The lowest BCUT2D eigenvalue weighted by atomic mass is 9.82. The lowest BCUT2D eigenvalue weighted by Crippen LogP contribution is -2.41. The Morgan fingerprint density at radius 1 is 1.15 bits per heavy atom. The second-order valence-electron chi connectivity index (χ2n) is 6.67. The van der Waals surface area contributed by atoms with E-state index in [4.69, 9.17) is 5.73 Å². The van der Waals surface area contributed by atoms with Gasteiger partial charge in [-0.3, -0.25) is 14.5 Å². The molecule has 2 aromatic rings. The molecular weight excluding hydrogens is 364 g/mol. The third-order valence-corrected chi connectivity index (χ3v) is 5.20. The van der Waals surface area contributed by atoms with E-state index in [-0.39, 0.29) is 30.2 Å². The van der Waals surface area contributed by atoms with Crippen molar-refractivity contribution in [3.8, 4) is 0 Å². The second-order valence-corrected chi connectivity index (χ2v) is 6.67. The van der Waals surface area contributed by atoms with Crippen LogP contribution in [-0.2, 0) is 21.5 Å². The van der Waals surface area contributed by atoms with E-state index in [0.29, 0.717) is 6.54 Å². The highest BCUT2D eigenvalue weighted by Crippen LogP contribution is 2.41. The summed E-state index contributed by atoms with van der Waals surface area (Å²) in [5.74, 6) is 0.0421.